The summed E-state index contributed by atoms with van der Waals surface area (Å²) in [6.07, 6.45) is 0. The van der Waals surface area contributed by atoms with Gasteiger partial charge in [-0.2, -0.15) is 0 Å². The Morgan fingerprint density at radius 3 is 2.55 bits per heavy atom. The van der Waals surface area contributed by atoms with Gasteiger partial charge in [0.1, 0.15) is 6.04 Å². The molecule has 2 rings (SSSR count). The van der Waals surface area contributed by atoms with Crippen LogP contribution in [0.1, 0.15) is 22.2 Å². The molecule has 22 heavy (non-hydrogen) atoms. The van der Waals surface area contributed by atoms with Crippen LogP contribution in [0, 0.1) is 0 Å². The van der Waals surface area contributed by atoms with E-state index in [4.69, 9.17) is 11.6 Å². The number of halogens is 1. The number of nitrogens with zero attached hydrogens (tertiary/aromatic N) is 1. The lowest BCUT2D eigenvalue weighted by molar-refractivity contribution is -0.132. The van der Waals surface area contributed by atoms with Crippen LogP contribution in [-0.2, 0) is 11.3 Å². The third-order valence-electron chi connectivity index (χ3n) is 3.17. The predicted octanol–water partition coefficient (Wildman–Crippen LogP) is 3.18. The maximum atomic E-state index is 12.3. The molecule has 1 atom stereocenters. The van der Waals surface area contributed by atoms with E-state index in [-0.39, 0.29) is 11.8 Å². The second-order valence-electron chi connectivity index (χ2n) is 4.99. The number of amides is 2. The van der Waals surface area contributed by atoms with Gasteiger partial charge in [0.05, 0.1) is 4.88 Å². The predicted molar refractivity (Wildman–Crippen MR) is 89.2 cm³/mol. The molecular weight excluding hydrogens is 320 g/mol. The number of rotatable bonds is 5. The molecule has 0 aliphatic heterocycles. The topological polar surface area (TPSA) is 49.4 Å². The first-order valence-corrected chi connectivity index (χ1v) is 8.07. The molecule has 2 aromatic rings. The molecule has 4 nitrogen and oxygen atoms in total. The van der Waals surface area contributed by atoms with Crippen molar-refractivity contribution in [3.8, 4) is 0 Å². The first-order valence-electron chi connectivity index (χ1n) is 6.81. The van der Waals surface area contributed by atoms with Gasteiger partial charge in [-0.25, -0.2) is 0 Å². The van der Waals surface area contributed by atoms with Gasteiger partial charge in [0.25, 0.3) is 5.91 Å². The number of hydrogen-bond donors (Lipinski definition) is 1. The van der Waals surface area contributed by atoms with Crippen LogP contribution < -0.4 is 5.32 Å². The van der Waals surface area contributed by atoms with Crippen molar-refractivity contribution in [1.82, 2.24) is 10.2 Å². The first-order chi connectivity index (χ1) is 10.5. The molecule has 0 saturated heterocycles. The van der Waals surface area contributed by atoms with Crippen LogP contribution in [0.15, 0.2) is 41.8 Å². The summed E-state index contributed by atoms with van der Waals surface area (Å²) in [5.74, 6) is -0.365. The maximum absolute atomic E-state index is 12.3. The molecule has 0 spiro atoms. The Morgan fingerprint density at radius 2 is 1.95 bits per heavy atom. The molecule has 1 unspecified atom stereocenters. The Hall–Kier alpha value is -1.85. The van der Waals surface area contributed by atoms with Gasteiger partial charge >= 0.3 is 0 Å². The summed E-state index contributed by atoms with van der Waals surface area (Å²) in [4.78, 5) is 26.4. The largest absolute Gasteiger partial charge is 0.340 e. The van der Waals surface area contributed by atoms with Gasteiger partial charge in [-0.1, -0.05) is 29.8 Å². The van der Waals surface area contributed by atoms with E-state index in [0.29, 0.717) is 16.4 Å². The van der Waals surface area contributed by atoms with Crippen LogP contribution in [0.4, 0.5) is 0 Å². The van der Waals surface area contributed by atoms with Gasteiger partial charge < -0.3 is 10.2 Å². The first kappa shape index (κ1) is 16.5. The highest BCUT2D eigenvalue weighted by Crippen LogP contribution is 2.12. The monoisotopic (exact) mass is 336 g/mol. The Bertz CT molecular complexity index is 641. The summed E-state index contributed by atoms with van der Waals surface area (Å²) >= 11 is 7.19. The number of likely N-dealkylation sites (N-methyl/N-ethyl adjacent to an activating group) is 1. The number of hydrogen-bond acceptors (Lipinski definition) is 3. The van der Waals surface area contributed by atoms with Crippen molar-refractivity contribution in [2.24, 2.45) is 0 Å². The zero-order valence-electron chi connectivity index (χ0n) is 12.4. The molecule has 1 N–H and O–H groups in total. The van der Waals surface area contributed by atoms with Crippen molar-refractivity contribution in [3.05, 3.63) is 57.2 Å². The van der Waals surface area contributed by atoms with Crippen molar-refractivity contribution in [2.45, 2.75) is 19.5 Å². The summed E-state index contributed by atoms with van der Waals surface area (Å²) in [6, 6.07) is 10.3. The average molecular weight is 337 g/mol. The van der Waals surface area contributed by atoms with E-state index in [2.05, 4.69) is 5.32 Å². The Kier molecular flexibility index (Phi) is 5.57. The molecule has 1 aromatic heterocycles. The van der Waals surface area contributed by atoms with Gasteiger partial charge in [-0.05, 0) is 36.1 Å². The highest BCUT2D eigenvalue weighted by molar-refractivity contribution is 7.12. The Balaban J connectivity index is 1.92. The van der Waals surface area contributed by atoms with Crippen LogP contribution in [0.5, 0.6) is 0 Å². The van der Waals surface area contributed by atoms with E-state index < -0.39 is 6.04 Å². The molecule has 1 heterocycles. The van der Waals surface area contributed by atoms with E-state index in [1.807, 2.05) is 17.5 Å². The molecule has 0 aliphatic rings. The fraction of sp³-hybridized carbons (Fsp3) is 0.250. The SMILES string of the molecule is CC(NC(=O)c1cccs1)C(=O)N(C)Cc1ccc(Cl)cc1. The molecule has 0 bridgehead atoms. The lowest BCUT2D eigenvalue weighted by Crippen LogP contribution is -2.45. The quantitative estimate of drug-likeness (QED) is 0.911. The van der Waals surface area contributed by atoms with Gasteiger partial charge in [-0.3, -0.25) is 9.59 Å². The van der Waals surface area contributed by atoms with Crippen molar-refractivity contribution in [3.63, 3.8) is 0 Å². The smallest absolute Gasteiger partial charge is 0.261 e. The fourth-order valence-electron chi connectivity index (χ4n) is 2.01. The van der Waals surface area contributed by atoms with E-state index in [1.165, 1.54) is 11.3 Å². The van der Waals surface area contributed by atoms with Crippen molar-refractivity contribution >= 4 is 34.8 Å². The fourth-order valence-corrected chi connectivity index (χ4v) is 2.76. The molecule has 0 radical (unpaired) electrons. The summed E-state index contributed by atoms with van der Waals surface area (Å²) in [6.45, 7) is 2.15. The van der Waals surface area contributed by atoms with Crippen LogP contribution in [-0.4, -0.2) is 29.8 Å². The Morgan fingerprint density at radius 1 is 1.27 bits per heavy atom. The van der Waals surface area contributed by atoms with Crippen LogP contribution >= 0.6 is 22.9 Å². The summed E-state index contributed by atoms with van der Waals surface area (Å²) < 4.78 is 0. The third-order valence-corrected chi connectivity index (χ3v) is 4.29. The van der Waals surface area contributed by atoms with Gasteiger partial charge in [-0.15, -0.1) is 11.3 Å². The van der Waals surface area contributed by atoms with E-state index in [0.717, 1.165) is 5.56 Å². The van der Waals surface area contributed by atoms with Crippen LogP contribution in [0.2, 0.25) is 5.02 Å². The highest BCUT2D eigenvalue weighted by atomic mass is 35.5. The zero-order valence-corrected chi connectivity index (χ0v) is 13.9. The minimum Gasteiger partial charge on any atom is -0.340 e. The average Bonchev–Trinajstić information content (AvgIpc) is 3.03. The van der Waals surface area contributed by atoms with E-state index in [9.17, 15) is 9.59 Å². The minimum atomic E-state index is -0.577. The van der Waals surface area contributed by atoms with Crippen molar-refractivity contribution in [2.75, 3.05) is 7.05 Å². The third kappa shape index (κ3) is 4.32. The number of carbonyl (C=O) groups excluding carboxylic acids is 2. The molecule has 0 saturated carbocycles. The number of carbonyl (C=O) groups is 2. The molecule has 116 valence electrons. The lowest BCUT2D eigenvalue weighted by Gasteiger charge is -2.22. The van der Waals surface area contributed by atoms with Crippen molar-refractivity contribution in [1.29, 1.82) is 0 Å². The standard InChI is InChI=1S/C16H17ClN2O2S/c1-11(18-15(20)14-4-3-9-22-14)16(21)19(2)10-12-5-7-13(17)8-6-12/h3-9,11H,10H2,1-2H3,(H,18,20). The van der Waals surface area contributed by atoms with E-state index >= 15 is 0 Å². The summed E-state index contributed by atoms with van der Waals surface area (Å²) in [5, 5.41) is 5.21. The van der Waals surface area contributed by atoms with Gasteiger partial charge in [0.2, 0.25) is 5.91 Å². The van der Waals surface area contributed by atoms with E-state index in [1.54, 1.807) is 43.1 Å². The summed E-state index contributed by atoms with van der Waals surface area (Å²) in [5.41, 5.74) is 0.983. The molecule has 0 fully saturated rings. The van der Waals surface area contributed by atoms with Crippen molar-refractivity contribution < 1.29 is 9.59 Å². The number of nitrogens with one attached hydrogen (secondary N) is 1. The number of thiophene rings is 1. The van der Waals surface area contributed by atoms with Crippen LogP contribution in [0.25, 0.3) is 0 Å². The highest BCUT2D eigenvalue weighted by Gasteiger charge is 2.20. The summed E-state index contributed by atoms with van der Waals surface area (Å²) in [7, 11) is 1.71. The molecular formula is C16H17ClN2O2S. The van der Waals surface area contributed by atoms with Gasteiger partial charge in [0.15, 0.2) is 0 Å². The molecule has 1 aromatic carbocycles. The normalized spacial score (nSPS) is 11.8. The molecule has 6 heteroatoms. The number of benzene rings is 1. The molecule has 2 amide bonds. The molecule has 0 aliphatic carbocycles. The maximum Gasteiger partial charge on any atom is 0.261 e. The Labute approximate surface area is 138 Å². The lowest BCUT2D eigenvalue weighted by atomic mass is 10.2. The minimum absolute atomic E-state index is 0.139. The zero-order chi connectivity index (χ0) is 16.1. The van der Waals surface area contributed by atoms with Gasteiger partial charge in [0, 0.05) is 18.6 Å². The second-order valence-corrected chi connectivity index (χ2v) is 6.38. The van der Waals surface area contributed by atoms with Crippen LogP contribution in [0.3, 0.4) is 0 Å². The second kappa shape index (κ2) is 7.42.